The molecule has 2 bridgehead atoms. The number of aliphatic carboxylic acids is 1. The second-order valence-electron chi connectivity index (χ2n) is 6.15. The highest BCUT2D eigenvalue weighted by Crippen LogP contribution is 2.78. The van der Waals surface area contributed by atoms with E-state index in [1.807, 2.05) is 0 Å². The minimum absolute atomic E-state index is 0.0283. The van der Waals surface area contributed by atoms with Gasteiger partial charge in [-0.1, -0.05) is 6.92 Å². The lowest BCUT2D eigenvalue weighted by Gasteiger charge is -2.28. The number of rotatable bonds is 2. The topological polar surface area (TPSA) is 63.6 Å². The van der Waals surface area contributed by atoms with Crippen LogP contribution in [0.4, 0.5) is 0 Å². The monoisotopic (exact) mass is 236 g/mol. The molecule has 0 aromatic rings. The summed E-state index contributed by atoms with van der Waals surface area (Å²) in [5.41, 5.74) is 0.158. The molecule has 6 unspecified atom stereocenters. The molecule has 3 saturated carbocycles. The number of carbonyl (C=O) groups is 2. The van der Waals surface area contributed by atoms with Crippen molar-refractivity contribution in [1.82, 2.24) is 0 Å². The summed E-state index contributed by atoms with van der Waals surface area (Å²) >= 11 is 0. The molecule has 17 heavy (non-hydrogen) atoms. The molecule has 0 aromatic heterocycles. The molecule has 4 fully saturated rings. The minimum Gasteiger partial charge on any atom is -0.481 e. The third-order valence-electron chi connectivity index (χ3n) is 5.83. The maximum atomic E-state index is 11.9. The lowest BCUT2D eigenvalue weighted by Crippen LogP contribution is -2.37. The number of carbonyl (C=O) groups excluding carboxylic acids is 1. The van der Waals surface area contributed by atoms with Gasteiger partial charge in [-0.15, -0.1) is 0 Å². The van der Waals surface area contributed by atoms with E-state index in [-0.39, 0.29) is 41.2 Å². The van der Waals surface area contributed by atoms with Crippen molar-refractivity contribution < 1.29 is 19.4 Å². The van der Waals surface area contributed by atoms with E-state index in [0.717, 1.165) is 19.3 Å². The van der Waals surface area contributed by atoms with Crippen LogP contribution in [-0.4, -0.2) is 23.1 Å². The second-order valence-corrected chi connectivity index (χ2v) is 6.15. The molecule has 1 spiro atoms. The second kappa shape index (κ2) is 2.68. The Morgan fingerprint density at radius 1 is 1.47 bits per heavy atom. The molecule has 1 aliphatic heterocycles. The zero-order valence-electron chi connectivity index (χ0n) is 9.76. The highest BCUT2D eigenvalue weighted by atomic mass is 16.6. The van der Waals surface area contributed by atoms with E-state index < -0.39 is 11.9 Å². The van der Waals surface area contributed by atoms with Crippen molar-refractivity contribution in [3.05, 3.63) is 0 Å². The fourth-order valence-electron chi connectivity index (χ4n) is 5.35. The van der Waals surface area contributed by atoms with Crippen LogP contribution in [-0.2, 0) is 14.3 Å². The van der Waals surface area contributed by atoms with E-state index in [2.05, 4.69) is 6.92 Å². The van der Waals surface area contributed by atoms with Crippen LogP contribution < -0.4 is 0 Å². The molecular formula is C13H16O4. The average molecular weight is 236 g/mol. The Bertz CT molecular complexity index is 425. The molecule has 3 aliphatic carbocycles. The summed E-state index contributed by atoms with van der Waals surface area (Å²) in [4.78, 5) is 23.4. The van der Waals surface area contributed by atoms with Gasteiger partial charge >= 0.3 is 11.9 Å². The van der Waals surface area contributed by atoms with Crippen molar-refractivity contribution in [3.8, 4) is 0 Å². The molecule has 1 saturated heterocycles. The smallest absolute Gasteiger partial charge is 0.310 e. The van der Waals surface area contributed by atoms with Crippen molar-refractivity contribution in [3.63, 3.8) is 0 Å². The van der Waals surface area contributed by atoms with Gasteiger partial charge in [0.25, 0.3) is 0 Å². The van der Waals surface area contributed by atoms with Crippen LogP contribution in [0.15, 0.2) is 0 Å². The summed E-state index contributed by atoms with van der Waals surface area (Å²) in [6.07, 6.45) is 3.16. The van der Waals surface area contributed by atoms with Crippen LogP contribution in [0.5, 0.6) is 0 Å². The first-order chi connectivity index (χ1) is 8.12. The van der Waals surface area contributed by atoms with E-state index in [1.54, 1.807) is 0 Å². The summed E-state index contributed by atoms with van der Waals surface area (Å²) < 4.78 is 5.50. The lowest BCUT2D eigenvalue weighted by molar-refractivity contribution is -0.151. The molecule has 0 aromatic carbocycles. The number of ether oxygens (including phenoxy) is 1. The minimum atomic E-state index is -0.787. The van der Waals surface area contributed by atoms with Gasteiger partial charge in [0.1, 0.15) is 6.10 Å². The van der Waals surface area contributed by atoms with Crippen LogP contribution in [0.1, 0.15) is 26.2 Å². The maximum absolute atomic E-state index is 11.9. The number of hydrogen-bond acceptors (Lipinski definition) is 3. The quantitative estimate of drug-likeness (QED) is 0.734. The number of carboxylic acid groups (broad SMARTS) is 1. The molecule has 1 heterocycles. The Hall–Kier alpha value is -1.06. The number of esters is 1. The lowest BCUT2D eigenvalue weighted by atomic mass is 9.73. The van der Waals surface area contributed by atoms with Crippen LogP contribution in [0, 0.1) is 35.0 Å². The van der Waals surface area contributed by atoms with Crippen molar-refractivity contribution >= 4 is 11.9 Å². The highest BCUT2D eigenvalue weighted by molar-refractivity contribution is 5.86. The Balaban J connectivity index is 1.87. The zero-order chi connectivity index (χ0) is 11.9. The molecule has 4 aliphatic rings. The van der Waals surface area contributed by atoms with E-state index in [1.165, 1.54) is 0 Å². The van der Waals surface area contributed by atoms with Gasteiger partial charge in [-0.25, -0.2) is 0 Å². The van der Waals surface area contributed by atoms with Gasteiger partial charge in [0.05, 0.1) is 11.8 Å². The molecule has 4 rings (SSSR count). The molecule has 4 nitrogen and oxygen atoms in total. The third-order valence-corrected chi connectivity index (χ3v) is 5.83. The van der Waals surface area contributed by atoms with Gasteiger partial charge < -0.3 is 9.84 Å². The molecular weight excluding hydrogens is 220 g/mol. The Morgan fingerprint density at radius 3 is 2.71 bits per heavy atom. The summed E-state index contributed by atoms with van der Waals surface area (Å²) in [5.74, 6) is -1.15. The first-order valence-electron chi connectivity index (χ1n) is 6.55. The molecule has 0 radical (unpaired) electrons. The first-order valence-corrected chi connectivity index (χ1v) is 6.55. The van der Waals surface area contributed by atoms with Gasteiger partial charge in [-0.2, -0.15) is 0 Å². The standard InChI is InChI=1S/C13H16O4/c1-2-5-8-6(11(14)15)7-9(13(8)3-4-13)10(5)17-12(7)16/h5-10H,2-4H2,1H3,(H,14,15). The fourth-order valence-corrected chi connectivity index (χ4v) is 5.35. The van der Waals surface area contributed by atoms with Crippen LogP contribution >= 0.6 is 0 Å². The molecule has 0 amide bonds. The highest BCUT2D eigenvalue weighted by Gasteiger charge is 2.81. The SMILES string of the molecule is CCC1C2OC(=O)C3C(C(=O)O)C1C1(CC1)C23. The van der Waals surface area contributed by atoms with Crippen LogP contribution in [0.2, 0.25) is 0 Å². The summed E-state index contributed by atoms with van der Waals surface area (Å²) in [6, 6.07) is 0. The molecule has 6 atom stereocenters. The summed E-state index contributed by atoms with van der Waals surface area (Å²) in [5, 5.41) is 9.44. The van der Waals surface area contributed by atoms with E-state index in [9.17, 15) is 14.7 Å². The van der Waals surface area contributed by atoms with E-state index >= 15 is 0 Å². The van der Waals surface area contributed by atoms with Gasteiger partial charge in [0, 0.05) is 11.8 Å². The first kappa shape index (κ1) is 9.92. The third kappa shape index (κ3) is 0.860. The summed E-state index contributed by atoms with van der Waals surface area (Å²) in [7, 11) is 0. The van der Waals surface area contributed by atoms with Crippen molar-refractivity contribution in [2.24, 2.45) is 35.0 Å². The molecule has 4 heteroatoms. The fraction of sp³-hybridized carbons (Fsp3) is 0.846. The van der Waals surface area contributed by atoms with Gasteiger partial charge in [0.2, 0.25) is 0 Å². The van der Waals surface area contributed by atoms with E-state index in [0.29, 0.717) is 0 Å². The van der Waals surface area contributed by atoms with Gasteiger partial charge in [-0.05, 0) is 30.6 Å². The predicted octanol–water partition coefficient (Wildman–Crippen LogP) is 1.29. The normalized spacial score (nSPS) is 51.9. The van der Waals surface area contributed by atoms with Crippen LogP contribution in [0.25, 0.3) is 0 Å². The van der Waals surface area contributed by atoms with Crippen molar-refractivity contribution in [1.29, 1.82) is 0 Å². The number of carboxylic acids is 1. The predicted molar refractivity (Wildman–Crippen MR) is 56.9 cm³/mol. The maximum Gasteiger partial charge on any atom is 0.310 e. The zero-order valence-corrected chi connectivity index (χ0v) is 9.76. The average Bonchev–Trinajstić information content (AvgIpc) is 2.88. The van der Waals surface area contributed by atoms with Gasteiger partial charge in [0.15, 0.2) is 0 Å². The van der Waals surface area contributed by atoms with Crippen LogP contribution in [0.3, 0.4) is 0 Å². The van der Waals surface area contributed by atoms with E-state index in [4.69, 9.17) is 4.74 Å². The van der Waals surface area contributed by atoms with Gasteiger partial charge in [-0.3, -0.25) is 9.59 Å². The summed E-state index contributed by atoms with van der Waals surface area (Å²) in [6.45, 7) is 2.08. The molecule has 92 valence electrons. The van der Waals surface area contributed by atoms with Crippen molar-refractivity contribution in [2.45, 2.75) is 32.3 Å². The Morgan fingerprint density at radius 2 is 2.18 bits per heavy atom. The Kier molecular flexibility index (Phi) is 1.56. The largest absolute Gasteiger partial charge is 0.481 e. The number of hydrogen-bond donors (Lipinski definition) is 1. The molecule has 1 N–H and O–H groups in total. The Labute approximate surface area is 99.3 Å². The van der Waals surface area contributed by atoms with Crippen molar-refractivity contribution in [2.75, 3.05) is 0 Å².